The first kappa shape index (κ1) is 11.9. The number of halogens is 2. The molecule has 0 bridgehead atoms. The van der Waals surface area contributed by atoms with E-state index >= 15 is 0 Å². The first-order chi connectivity index (χ1) is 8.20. The van der Waals surface area contributed by atoms with E-state index in [0.29, 0.717) is 16.4 Å². The fourth-order valence-electron chi connectivity index (χ4n) is 1.31. The van der Waals surface area contributed by atoms with E-state index in [4.69, 9.17) is 16.9 Å². The van der Waals surface area contributed by atoms with Crippen LogP contribution in [0.4, 0.5) is 11.5 Å². The number of hydrogen-bond donors (Lipinski definition) is 1. The lowest BCUT2D eigenvalue weighted by molar-refractivity contribution is 1.29. The maximum absolute atomic E-state index is 8.79. The van der Waals surface area contributed by atoms with Gasteiger partial charge in [0.1, 0.15) is 5.82 Å². The zero-order chi connectivity index (χ0) is 12.3. The third kappa shape index (κ3) is 2.76. The molecule has 0 aliphatic rings. The van der Waals surface area contributed by atoms with Gasteiger partial charge in [0.15, 0.2) is 0 Å². The molecule has 1 N–H and O–H groups in total. The Kier molecular flexibility index (Phi) is 3.62. The van der Waals surface area contributed by atoms with Gasteiger partial charge in [-0.05, 0) is 40.2 Å². The fourth-order valence-corrected chi connectivity index (χ4v) is 1.84. The molecular weight excluding hydrogens is 302 g/mol. The molecule has 0 saturated heterocycles. The zero-order valence-electron chi connectivity index (χ0n) is 8.61. The Labute approximate surface area is 112 Å². The van der Waals surface area contributed by atoms with E-state index in [1.807, 2.05) is 12.1 Å². The van der Waals surface area contributed by atoms with Crippen molar-refractivity contribution in [3.8, 4) is 6.07 Å². The minimum atomic E-state index is 0.556. The van der Waals surface area contributed by atoms with Gasteiger partial charge in [0.25, 0.3) is 0 Å². The highest BCUT2D eigenvalue weighted by Gasteiger charge is 2.04. The molecular formula is C12H7BrClN3. The molecule has 0 fully saturated rings. The summed E-state index contributed by atoms with van der Waals surface area (Å²) in [5.41, 5.74) is 1.36. The van der Waals surface area contributed by atoms with Crippen molar-refractivity contribution in [2.75, 3.05) is 5.32 Å². The summed E-state index contributed by atoms with van der Waals surface area (Å²) < 4.78 is 0.769. The van der Waals surface area contributed by atoms with E-state index in [-0.39, 0.29) is 0 Å². The van der Waals surface area contributed by atoms with Crippen molar-refractivity contribution < 1.29 is 0 Å². The van der Waals surface area contributed by atoms with Gasteiger partial charge < -0.3 is 5.32 Å². The summed E-state index contributed by atoms with van der Waals surface area (Å²) in [4.78, 5) is 4.13. The molecule has 0 saturated carbocycles. The van der Waals surface area contributed by atoms with Crippen LogP contribution in [0.3, 0.4) is 0 Å². The summed E-state index contributed by atoms with van der Waals surface area (Å²) in [6.07, 6.45) is 1.58. The number of aromatic nitrogens is 1. The molecule has 17 heavy (non-hydrogen) atoms. The number of nitrogens with zero attached hydrogens (tertiary/aromatic N) is 2. The normalized spacial score (nSPS) is 9.71. The van der Waals surface area contributed by atoms with E-state index in [9.17, 15) is 0 Å². The zero-order valence-corrected chi connectivity index (χ0v) is 11.0. The third-order valence-electron chi connectivity index (χ3n) is 2.10. The molecule has 0 amide bonds. The summed E-state index contributed by atoms with van der Waals surface area (Å²) in [6.45, 7) is 0. The van der Waals surface area contributed by atoms with Gasteiger partial charge in [-0.3, -0.25) is 0 Å². The molecule has 0 spiro atoms. The van der Waals surface area contributed by atoms with Crippen LogP contribution < -0.4 is 5.32 Å². The van der Waals surface area contributed by atoms with E-state index in [2.05, 4.69) is 32.3 Å². The molecule has 84 valence electrons. The Balaban J connectivity index is 2.32. The first-order valence-electron chi connectivity index (χ1n) is 4.78. The average Bonchev–Trinajstić information content (AvgIpc) is 2.35. The van der Waals surface area contributed by atoms with Gasteiger partial charge in [-0.25, -0.2) is 4.98 Å². The van der Waals surface area contributed by atoms with Gasteiger partial charge in [-0.1, -0.05) is 17.7 Å². The number of pyridine rings is 1. The maximum atomic E-state index is 8.79. The van der Waals surface area contributed by atoms with Crippen molar-refractivity contribution in [2.45, 2.75) is 0 Å². The van der Waals surface area contributed by atoms with Crippen LogP contribution >= 0.6 is 27.5 Å². The van der Waals surface area contributed by atoms with Gasteiger partial charge in [0.2, 0.25) is 0 Å². The number of benzene rings is 1. The van der Waals surface area contributed by atoms with Crippen molar-refractivity contribution in [3.63, 3.8) is 0 Å². The summed E-state index contributed by atoms with van der Waals surface area (Å²) in [5, 5.41) is 12.5. The van der Waals surface area contributed by atoms with Crippen molar-refractivity contribution >= 4 is 39.0 Å². The number of anilines is 2. The lowest BCUT2D eigenvalue weighted by atomic mass is 10.2. The monoisotopic (exact) mass is 307 g/mol. The summed E-state index contributed by atoms with van der Waals surface area (Å²) in [7, 11) is 0. The second kappa shape index (κ2) is 5.17. The predicted molar refractivity (Wildman–Crippen MR) is 71.4 cm³/mol. The van der Waals surface area contributed by atoms with Crippen molar-refractivity contribution in [1.29, 1.82) is 5.26 Å². The average molecular weight is 309 g/mol. The highest BCUT2D eigenvalue weighted by atomic mass is 79.9. The second-order valence-corrected chi connectivity index (χ2v) is 4.47. The first-order valence-corrected chi connectivity index (χ1v) is 5.95. The molecule has 3 nitrogen and oxygen atoms in total. The Morgan fingerprint density at radius 3 is 2.94 bits per heavy atom. The van der Waals surface area contributed by atoms with Crippen LogP contribution in [0.25, 0.3) is 0 Å². The van der Waals surface area contributed by atoms with Crippen molar-refractivity contribution in [3.05, 3.63) is 51.6 Å². The van der Waals surface area contributed by atoms with Crippen LogP contribution in [-0.2, 0) is 0 Å². The molecule has 1 aromatic carbocycles. The predicted octanol–water partition coefficient (Wildman–Crippen LogP) is 4.11. The second-order valence-electron chi connectivity index (χ2n) is 3.27. The minimum Gasteiger partial charge on any atom is -0.339 e. The number of rotatable bonds is 2. The molecule has 1 heterocycles. The Bertz CT molecular complexity index is 593. The lowest BCUT2D eigenvalue weighted by Gasteiger charge is -2.08. The van der Waals surface area contributed by atoms with Gasteiger partial charge in [0.05, 0.1) is 26.8 Å². The van der Waals surface area contributed by atoms with E-state index in [1.165, 1.54) is 0 Å². The van der Waals surface area contributed by atoms with Gasteiger partial charge >= 0.3 is 0 Å². The molecule has 1 aromatic heterocycles. The topological polar surface area (TPSA) is 48.7 Å². The van der Waals surface area contributed by atoms with Crippen LogP contribution in [0.15, 0.2) is 41.0 Å². The summed E-state index contributed by atoms with van der Waals surface area (Å²) in [5.74, 6) is 0.604. The number of nitriles is 1. The minimum absolute atomic E-state index is 0.556. The number of hydrogen-bond acceptors (Lipinski definition) is 3. The van der Waals surface area contributed by atoms with Gasteiger partial charge in [-0.15, -0.1) is 0 Å². The Morgan fingerprint density at radius 2 is 2.18 bits per heavy atom. The van der Waals surface area contributed by atoms with Crippen LogP contribution in [0.1, 0.15) is 5.56 Å². The molecule has 0 unspecified atom stereocenters. The smallest absolute Gasteiger partial charge is 0.131 e. The molecule has 0 atom stereocenters. The quantitative estimate of drug-likeness (QED) is 0.908. The van der Waals surface area contributed by atoms with Gasteiger partial charge in [0, 0.05) is 6.20 Å². The Hall–Kier alpha value is -1.57. The molecule has 0 aliphatic heterocycles. The van der Waals surface area contributed by atoms with E-state index in [0.717, 1.165) is 10.2 Å². The number of nitrogens with one attached hydrogen (secondary N) is 1. The van der Waals surface area contributed by atoms with Crippen LogP contribution in [0, 0.1) is 11.3 Å². The van der Waals surface area contributed by atoms with Crippen LogP contribution in [0.5, 0.6) is 0 Å². The molecule has 0 aliphatic carbocycles. The van der Waals surface area contributed by atoms with E-state index in [1.54, 1.807) is 24.4 Å². The standard InChI is InChI=1S/C12H7BrClN3/c13-12-9(14)2-1-3-10(12)17-11-6-8(7-15)4-5-16-11/h1-6H,(H,16,17). The van der Waals surface area contributed by atoms with Crippen LogP contribution in [-0.4, -0.2) is 4.98 Å². The highest BCUT2D eigenvalue weighted by Crippen LogP contribution is 2.31. The highest BCUT2D eigenvalue weighted by molar-refractivity contribution is 9.10. The van der Waals surface area contributed by atoms with Crippen LogP contribution in [0.2, 0.25) is 5.02 Å². The molecule has 0 radical (unpaired) electrons. The summed E-state index contributed by atoms with van der Waals surface area (Å²) in [6, 6.07) is 10.9. The lowest BCUT2D eigenvalue weighted by Crippen LogP contribution is -1.94. The van der Waals surface area contributed by atoms with Crippen molar-refractivity contribution in [2.24, 2.45) is 0 Å². The fraction of sp³-hybridized carbons (Fsp3) is 0. The third-order valence-corrected chi connectivity index (χ3v) is 3.50. The van der Waals surface area contributed by atoms with Gasteiger partial charge in [-0.2, -0.15) is 5.26 Å². The molecule has 5 heteroatoms. The van der Waals surface area contributed by atoms with Crippen molar-refractivity contribution in [1.82, 2.24) is 4.98 Å². The largest absolute Gasteiger partial charge is 0.339 e. The van der Waals surface area contributed by atoms with E-state index < -0.39 is 0 Å². The maximum Gasteiger partial charge on any atom is 0.131 e. The molecule has 2 aromatic rings. The molecule has 2 rings (SSSR count). The SMILES string of the molecule is N#Cc1ccnc(Nc2cccc(Cl)c2Br)c1. The summed E-state index contributed by atoms with van der Waals surface area (Å²) >= 11 is 9.36. The Morgan fingerprint density at radius 1 is 1.35 bits per heavy atom.